The van der Waals surface area contributed by atoms with Crippen LogP contribution in [0, 0.1) is 6.92 Å². The van der Waals surface area contributed by atoms with Crippen LogP contribution in [0.2, 0.25) is 0 Å². The number of hydrogen-bond acceptors (Lipinski definition) is 6. The number of anilines is 1. The SMILES string of the molecule is CNc1cc(C2CCCN(Cc3cccc(C)c3OC)C2)nc(-c2cccnc2)n1. The summed E-state index contributed by atoms with van der Waals surface area (Å²) >= 11 is 0. The van der Waals surface area contributed by atoms with Crippen molar-refractivity contribution < 1.29 is 4.74 Å². The highest BCUT2D eigenvalue weighted by molar-refractivity contribution is 5.56. The molecule has 0 bridgehead atoms. The number of nitrogens with one attached hydrogen (secondary N) is 1. The van der Waals surface area contributed by atoms with Gasteiger partial charge in [0.25, 0.3) is 0 Å². The standard InChI is InChI=1S/C24H29N5O/c1-17-7-4-8-20(23(17)30-3)16-29-12-6-10-19(15-29)21-13-22(25-2)28-24(27-21)18-9-5-11-26-14-18/h4-5,7-9,11,13-14,19H,6,10,12,15-16H2,1-3H3,(H,25,27,28). The Kier molecular flexibility index (Phi) is 6.23. The van der Waals surface area contributed by atoms with E-state index in [1.807, 2.05) is 25.4 Å². The van der Waals surface area contributed by atoms with Crippen molar-refractivity contribution in [1.29, 1.82) is 0 Å². The number of rotatable bonds is 6. The van der Waals surface area contributed by atoms with Gasteiger partial charge in [0.15, 0.2) is 5.82 Å². The molecule has 1 atom stereocenters. The molecule has 0 amide bonds. The number of aryl methyl sites for hydroxylation is 1. The first-order chi connectivity index (χ1) is 14.7. The van der Waals surface area contributed by atoms with Crippen LogP contribution >= 0.6 is 0 Å². The van der Waals surface area contributed by atoms with E-state index in [0.717, 1.165) is 61.1 Å². The van der Waals surface area contributed by atoms with Gasteiger partial charge in [-0.05, 0) is 44.0 Å². The Balaban J connectivity index is 1.57. The molecular formula is C24H29N5O. The van der Waals surface area contributed by atoms with E-state index >= 15 is 0 Å². The lowest BCUT2D eigenvalue weighted by Crippen LogP contribution is -2.34. The average molecular weight is 404 g/mol. The zero-order valence-electron chi connectivity index (χ0n) is 17.9. The maximum atomic E-state index is 5.66. The highest BCUT2D eigenvalue weighted by Crippen LogP contribution is 2.31. The maximum absolute atomic E-state index is 5.66. The molecule has 1 aliphatic heterocycles. The van der Waals surface area contributed by atoms with Crippen molar-refractivity contribution in [2.75, 3.05) is 32.6 Å². The minimum Gasteiger partial charge on any atom is -0.496 e. The first kappa shape index (κ1) is 20.3. The third kappa shape index (κ3) is 4.44. The molecule has 1 N–H and O–H groups in total. The fourth-order valence-corrected chi connectivity index (χ4v) is 4.24. The van der Waals surface area contributed by atoms with Crippen molar-refractivity contribution >= 4 is 5.82 Å². The van der Waals surface area contributed by atoms with Crippen LogP contribution in [0.3, 0.4) is 0 Å². The zero-order valence-corrected chi connectivity index (χ0v) is 17.9. The Morgan fingerprint density at radius 2 is 2.10 bits per heavy atom. The summed E-state index contributed by atoms with van der Waals surface area (Å²) < 4.78 is 5.66. The quantitative estimate of drug-likeness (QED) is 0.663. The molecule has 1 unspecified atom stereocenters. The number of ether oxygens (including phenoxy) is 1. The molecule has 1 aliphatic rings. The molecule has 6 nitrogen and oxygen atoms in total. The first-order valence-electron chi connectivity index (χ1n) is 10.5. The van der Waals surface area contributed by atoms with Gasteiger partial charge in [-0.15, -0.1) is 0 Å². The van der Waals surface area contributed by atoms with Gasteiger partial charge in [0.1, 0.15) is 11.6 Å². The number of likely N-dealkylation sites (tertiary alicyclic amines) is 1. The third-order valence-electron chi connectivity index (χ3n) is 5.74. The Bertz CT molecular complexity index is 992. The van der Waals surface area contributed by atoms with E-state index < -0.39 is 0 Å². The normalized spacial score (nSPS) is 17.0. The second-order valence-electron chi connectivity index (χ2n) is 7.83. The number of aromatic nitrogens is 3. The molecule has 0 aliphatic carbocycles. The molecule has 4 rings (SSSR count). The summed E-state index contributed by atoms with van der Waals surface area (Å²) in [5, 5.41) is 3.19. The molecule has 0 radical (unpaired) electrons. The molecule has 3 heterocycles. The van der Waals surface area contributed by atoms with E-state index in [1.54, 1.807) is 13.3 Å². The summed E-state index contributed by atoms with van der Waals surface area (Å²) in [5.74, 6) is 2.94. The third-order valence-corrected chi connectivity index (χ3v) is 5.74. The lowest BCUT2D eigenvalue weighted by atomic mass is 9.93. The van der Waals surface area contributed by atoms with Crippen molar-refractivity contribution in [2.24, 2.45) is 0 Å². The summed E-state index contributed by atoms with van der Waals surface area (Å²) in [4.78, 5) is 16.3. The number of pyridine rings is 1. The van der Waals surface area contributed by atoms with Crippen LogP contribution in [-0.2, 0) is 6.54 Å². The maximum Gasteiger partial charge on any atom is 0.163 e. The van der Waals surface area contributed by atoms with E-state index in [9.17, 15) is 0 Å². The number of nitrogens with zero attached hydrogens (tertiary/aromatic N) is 4. The summed E-state index contributed by atoms with van der Waals surface area (Å²) in [6.07, 6.45) is 5.87. The van der Waals surface area contributed by atoms with Crippen molar-refractivity contribution in [2.45, 2.75) is 32.2 Å². The van der Waals surface area contributed by atoms with E-state index in [-0.39, 0.29) is 0 Å². The number of hydrogen-bond donors (Lipinski definition) is 1. The number of piperidine rings is 1. The van der Waals surface area contributed by atoms with Crippen molar-refractivity contribution in [3.8, 4) is 17.1 Å². The monoisotopic (exact) mass is 403 g/mol. The summed E-state index contributed by atoms with van der Waals surface area (Å²) in [6, 6.07) is 12.4. The molecule has 1 fully saturated rings. The van der Waals surface area contributed by atoms with Crippen LogP contribution in [0.5, 0.6) is 5.75 Å². The average Bonchev–Trinajstić information content (AvgIpc) is 2.80. The van der Waals surface area contributed by atoms with Gasteiger partial charge in [-0.3, -0.25) is 9.88 Å². The van der Waals surface area contributed by atoms with Crippen LogP contribution in [0.4, 0.5) is 5.82 Å². The zero-order chi connectivity index (χ0) is 20.9. The second kappa shape index (κ2) is 9.22. The van der Waals surface area contributed by atoms with Gasteiger partial charge >= 0.3 is 0 Å². The molecule has 6 heteroatoms. The highest BCUT2D eigenvalue weighted by Gasteiger charge is 2.24. The summed E-state index contributed by atoms with van der Waals surface area (Å²) in [6.45, 7) is 5.05. The van der Waals surface area contributed by atoms with Crippen molar-refractivity contribution in [3.63, 3.8) is 0 Å². The van der Waals surface area contributed by atoms with E-state index in [0.29, 0.717) is 5.92 Å². The van der Waals surface area contributed by atoms with Crippen LogP contribution in [-0.4, -0.2) is 47.1 Å². The van der Waals surface area contributed by atoms with E-state index in [1.165, 1.54) is 11.1 Å². The van der Waals surface area contributed by atoms with E-state index in [4.69, 9.17) is 9.72 Å². The lowest BCUT2D eigenvalue weighted by Gasteiger charge is -2.33. The molecule has 1 aromatic carbocycles. The lowest BCUT2D eigenvalue weighted by molar-refractivity contribution is 0.196. The van der Waals surface area contributed by atoms with Crippen LogP contribution < -0.4 is 10.1 Å². The summed E-state index contributed by atoms with van der Waals surface area (Å²) in [5.41, 5.74) is 4.45. The molecule has 3 aromatic rings. The van der Waals surface area contributed by atoms with Gasteiger partial charge < -0.3 is 10.1 Å². The van der Waals surface area contributed by atoms with Gasteiger partial charge in [-0.25, -0.2) is 9.97 Å². The predicted molar refractivity (Wildman–Crippen MR) is 120 cm³/mol. The minimum atomic E-state index is 0.375. The topological polar surface area (TPSA) is 63.2 Å². The van der Waals surface area contributed by atoms with Gasteiger partial charge in [0.2, 0.25) is 0 Å². The molecular weight excluding hydrogens is 374 g/mol. The second-order valence-corrected chi connectivity index (χ2v) is 7.83. The van der Waals surface area contributed by atoms with E-state index in [2.05, 4.69) is 51.4 Å². The van der Waals surface area contributed by atoms with Crippen molar-refractivity contribution in [3.05, 3.63) is 65.6 Å². The molecule has 156 valence electrons. The number of benzene rings is 1. The van der Waals surface area contributed by atoms with Crippen LogP contribution in [0.25, 0.3) is 11.4 Å². The largest absolute Gasteiger partial charge is 0.496 e. The first-order valence-corrected chi connectivity index (χ1v) is 10.5. The fourth-order valence-electron chi connectivity index (χ4n) is 4.24. The van der Waals surface area contributed by atoms with Gasteiger partial charge in [-0.2, -0.15) is 0 Å². The minimum absolute atomic E-state index is 0.375. The van der Waals surface area contributed by atoms with Crippen LogP contribution in [0.15, 0.2) is 48.8 Å². The molecule has 0 saturated carbocycles. The number of methoxy groups -OCH3 is 1. The Morgan fingerprint density at radius 3 is 2.87 bits per heavy atom. The van der Waals surface area contributed by atoms with Crippen molar-refractivity contribution in [1.82, 2.24) is 19.9 Å². The van der Waals surface area contributed by atoms with Gasteiger partial charge in [-0.1, -0.05) is 18.2 Å². The Hall–Kier alpha value is -2.99. The van der Waals surface area contributed by atoms with Gasteiger partial charge in [0, 0.05) is 55.6 Å². The highest BCUT2D eigenvalue weighted by atomic mass is 16.5. The Labute approximate surface area is 178 Å². The molecule has 2 aromatic heterocycles. The predicted octanol–water partition coefficient (Wildman–Crippen LogP) is 4.28. The Morgan fingerprint density at radius 1 is 1.20 bits per heavy atom. The number of para-hydroxylation sites is 1. The van der Waals surface area contributed by atoms with Gasteiger partial charge in [0.05, 0.1) is 12.8 Å². The molecule has 0 spiro atoms. The molecule has 1 saturated heterocycles. The molecule has 30 heavy (non-hydrogen) atoms. The smallest absolute Gasteiger partial charge is 0.163 e. The van der Waals surface area contributed by atoms with Crippen LogP contribution in [0.1, 0.15) is 35.6 Å². The summed E-state index contributed by atoms with van der Waals surface area (Å²) in [7, 11) is 3.65. The fraction of sp³-hybridized carbons (Fsp3) is 0.375.